The molecule has 0 aliphatic heterocycles. The highest BCUT2D eigenvalue weighted by Gasteiger charge is 2.18. The fraction of sp³-hybridized carbons (Fsp3) is 0.231. The fourth-order valence-electron chi connectivity index (χ4n) is 3.73. The lowest BCUT2D eigenvalue weighted by molar-refractivity contribution is -0.147. The molecule has 174 valence electrons. The van der Waals surface area contributed by atoms with Crippen LogP contribution in [0.15, 0.2) is 69.0 Å². The number of esters is 1. The summed E-state index contributed by atoms with van der Waals surface area (Å²) in [5.74, 6) is 0.549. The average Bonchev–Trinajstić information content (AvgIpc) is 2.84. The molecule has 0 unspecified atom stereocenters. The van der Waals surface area contributed by atoms with Crippen molar-refractivity contribution in [3.05, 3.63) is 80.8 Å². The van der Waals surface area contributed by atoms with Crippen molar-refractivity contribution in [2.75, 3.05) is 7.11 Å². The number of hydrogen-bond acceptors (Lipinski definition) is 6. The van der Waals surface area contributed by atoms with Gasteiger partial charge in [0.2, 0.25) is 0 Å². The van der Waals surface area contributed by atoms with Crippen molar-refractivity contribution < 1.29 is 14.3 Å². The van der Waals surface area contributed by atoms with Gasteiger partial charge in [0.05, 0.1) is 24.2 Å². The predicted molar refractivity (Wildman–Crippen MR) is 137 cm³/mol. The topological polar surface area (TPSA) is 82.8 Å². The third-order valence-corrected chi connectivity index (χ3v) is 5.91. The lowest BCUT2D eigenvalue weighted by atomic mass is 10.0. The van der Waals surface area contributed by atoms with Gasteiger partial charge in [0.25, 0.3) is 5.56 Å². The van der Waals surface area contributed by atoms with E-state index in [4.69, 9.17) is 9.47 Å². The first-order chi connectivity index (χ1) is 16.4. The van der Waals surface area contributed by atoms with E-state index in [1.54, 1.807) is 25.3 Å². The van der Waals surface area contributed by atoms with Gasteiger partial charge in [0.1, 0.15) is 11.6 Å². The fourth-order valence-corrected chi connectivity index (χ4v) is 4.09. The van der Waals surface area contributed by atoms with Crippen LogP contribution in [0.3, 0.4) is 0 Å². The van der Waals surface area contributed by atoms with E-state index in [0.717, 1.165) is 21.7 Å². The Labute approximate surface area is 205 Å². The summed E-state index contributed by atoms with van der Waals surface area (Å²) in [6, 6.07) is 16.9. The van der Waals surface area contributed by atoms with Gasteiger partial charge in [-0.3, -0.25) is 4.79 Å². The van der Waals surface area contributed by atoms with Crippen molar-refractivity contribution in [3.8, 4) is 5.75 Å². The lowest BCUT2D eigenvalue weighted by Gasteiger charge is -2.16. The van der Waals surface area contributed by atoms with Crippen molar-refractivity contribution in [2.24, 2.45) is 5.10 Å². The van der Waals surface area contributed by atoms with E-state index < -0.39 is 12.1 Å². The number of carbonyl (C=O) groups excluding carboxylic acids is 1. The first kappa shape index (κ1) is 23.6. The third kappa shape index (κ3) is 4.72. The van der Waals surface area contributed by atoms with E-state index >= 15 is 0 Å². The molecule has 0 saturated carbocycles. The Morgan fingerprint density at radius 3 is 2.74 bits per heavy atom. The second kappa shape index (κ2) is 10.2. The molecule has 8 heteroatoms. The largest absolute Gasteiger partial charge is 0.478 e. The van der Waals surface area contributed by atoms with Crippen molar-refractivity contribution in [1.29, 1.82) is 0 Å². The molecule has 0 fully saturated rings. The molecule has 0 bridgehead atoms. The van der Waals surface area contributed by atoms with Crippen molar-refractivity contribution >= 4 is 49.8 Å². The van der Waals surface area contributed by atoms with Gasteiger partial charge in [-0.25, -0.2) is 9.78 Å². The van der Waals surface area contributed by atoms with Crippen LogP contribution in [0.25, 0.3) is 21.7 Å². The van der Waals surface area contributed by atoms with Crippen LogP contribution >= 0.6 is 15.9 Å². The van der Waals surface area contributed by atoms with Crippen molar-refractivity contribution in [3.63, 3.8) is 0 Å². The summed E-state index contributed by atoms with van der Waals surface area (Å²) in [6.07, 6.45) is 2.18. The third-order valence-electron chi connectivity index (χ3n) is 5.42. The summed E-state index contributed by atoms with van der Waals surface area (Å²) in [7, 11) is 1.32. The first-order valence-electron chi connectivity index (χ1n) is 10.9. The monoisotopic (exact) mass is 521 g/mol. The summed E-state index contributed by atoms with van der Waals surface area (Å²) in [5.41, 5.74) is 1.03. The number of methoxy groups -OCH3 is 1. The Kier molecular flexibility index (Phi) is 7.07. The van der Waals surface area contributed by atoms with Gasteiger partial charge in [0.15, 0.2) is 6.10 Å². The average molecular weight is 522 g/mol. The summed E-state index contributed by atoms with van der Waals surface area (Å²) in [6.45, 7) is 3.65. The molecule has 4 aromatic rings. The van der Waals surface area contributed by atoms with Gasteiger partial charge in [-0.2, -0.15) is 9.78 Å². The predicted octanol–water partition coefficient (Wildman–Crippen LogP) is 5.09. The minimum atomic E-state index is -0.809. The van der Waals surface area contributed by atoms with Crippen LogP contribution in [-0.4, -0.2) is 35.1 Å². The number of hydrogen-bond donors (Lipinski definition) is 0. The first-order valence-corrected chi connectivity index (χ1v) is 11.7. The second-order valence-electron chi connectivity index (χ2n) is 7.78. The highest BCUT2D eigenvalue weighted by Crippen LogP contribution is 2.28. The quantitative estimate of drug-likeness (QED) is 0.250. The van der Waals surface area contributed by atoms with Crippen LogP contribution in [0.1, 0.15) is 31.7 Å². The summed E-state index contributed by atoms with van der Waals surface area (Å²) in [4.78, 5) is 30.0. The van der Waals surface area contributed by atoms with E-state index in [9.17, 15) is 9.59 Å². The molecule has 7 nitrogen and oxygen atoms in total. The van der Waals surface area contributed by atoms with Gasteiger partial charge >= 0.3 is 5.97 Å². The highest BCUT2D eigenvalue weighted by atomic mass is 79.9. The zero-order chi connectivity index (χ0) is 24.2. The molecule has 0 saturated heterocycles. The van der Waals surface area contributed by atoms with Gasteiger partial charge in [-0.15, -0.1) is 0 Å². The number of halogens is 1. The molecular weight excluding hydrogens is 498 g/mol. The maximum Gasteiger partial charge on any atom is 0.346 e. The minimum absolute atomic E-state index is 0.253. The van der Waals surface area contributed by atoms with Gasteiger partial charge in [-0.05, 0) is 48.4 Å². The lowest BCUT2D eigenvalue weighted by Crippen LogP contribution is -2.25. The molecule has 0 N–H and O–H groups in total. The van der Waals surface area contributed by atoms with Crippen LogP contribution in [0, 0.1) is 0 Å². The molecule has 4 rings (SSSR count). The summed E-state index contributed by atoms with van der Waals surface area (Å²) < 4.78 is 12.8. The molecule has 0 amide bonds. The van der Waals surface area contributed by atoms with E-state index in [-0.39, 0.29) is 5.56 Å². The van der Waals surface area contributed by atoms with Gasteiger partial charge < -0.3 is 9.47 Å². The van der Waals surface area contributed by atoms with E-state index in [2.05, 4.69) is 26.0 Å². The smallest absolute Gasteiger partial charge is 0.346 e. The zero-order valence-corrected chi connectivity index (χ0v) is 20.7. The Balaban J connectivity index is 1.88. The molecular formula is C26H24BrN3O4. The van der Waals surface area contributed by atoms with Crippen LogP contribution in [0.2, 0.25) is 0 Å². The Hall–Kier alpha value is -3.52. The molecule has 0 spiro atoms. The molecule has 3 aromatic carbocycles. The Morgan fingerprint density at radius 1 is 1.18 bits per heavy atom. The van der Waals surface area contributed by atoms with E-state index in [1.165, 1.54) is 11.8 Å². The highest BCUT2D eigenvalue weighted by molar-refractivity contribution is 9.10. The van der Waals surface area contributed by atoms with Crippen LogP contribution in [0.4, 0.5) is 0 Å². The summed E-state index contributed by atoms with van der Waals surface area (Å²) in [5, 5.41) is 6.89. The minimum Gasteiger partial charge on any atom is -0.478 e. The van der Waals surface area contributed by atoms with E-state index in [1.807, 2.05) is 49.4 Å². The number of rotatable bonds is 7. The van der Waals surface area contributed by atoms with Crippen LogP contribution in [0.5, 0.6) is 5.75 Å². The molecule has 0 aliphatic carbocycles. The number of carbonyl (C=O) groups is 1. The SMILES string of the molecule is CCCc1nc2ccc(Br)cc2c(=O)n1N=Cc1c(O[C@H](C)C(=O)OC)ccc2ccccc12. The van der Waals surface area contributed by atoms with E-state index in [0.29, 0.717) is 34.5 Å². The van der Waals surface area contributed by atoms with Gasteiger partial charge in [-0.1, -0.05) is 53.2 Å². The van der Waals surface area contributed by atoms with Crippen LogP contribution in [-0.2, 0) is 16.0 Å². The molecule has 1 heterocycles. The number of fused-ring (bicyclic) bond motifs is 2. The normalized spacial score (nSPS) is 12.4. The zero-order valence-electron chi connectivity index (χ0n) is 19.1. The van der Waals surface area contributed by atoms with Gasteiger partial charge in [0, 0.05) is 16.5 Å². The van der Waals surface area contributed by atoms with Crippen molar-refractivity contribution in [1.82, 2.24) is 9.66 Å². The number of aryl methyl sites for hydroxylation is 1. The maximum atomic E-state index is 13.3. The number of ether oxygens (including phenoxy) is 2. The standard InChI is InChI=1S/C26H24BrN3O4/c1-4-7-24-29-22-12-11-18(27)14-20(22)25(31)30(24)28-15-21-19-9-6-5-8-17(19)10-13-23(21)34-16(2)26(32)33-3/h5-6,8-16H,4,7H2,1-3H3/t16-/m1/s1. The molecule has 0 aliphatic rings. The maximum absolute atomic E-state index is 13.3. The second-order valence-corrected chi connectivity index (χ2v) is 8.70. The Morgan fingerprint density at radius 2 is 1.97 bits per heavy atom. The molecule has 0 radical (unpaired) electrons. The number of nitrogens with zero attached hydrogens (tertiary/aromatic N) is 3. The summed E-state index contributed by atoms with van der Waals surface area (Å²) >= 11 is 3.42. The molecule has 34 heavy (non-hydrogen) atoms. The Bertz CT molecular complexity index is 1460. The number of aromatic nitrogens is 2. The molecule has 1 aromatic heterocycles. The van der Waals surface area contributed by atoms with Crippen molar-refractivity contribution in [2.45, 2.75) is 32.8 Å². The number of benzene rings is 3. The van der Waals surface area contributed by atoms with Crippen LogP contribution < -0.4 is 10.3 Å². The molecule has 1 atom stereocenters.